The van der Waals surface area contributed by atoms with Crippen molar-refractivity contribution in [3.8, 4) is 0 Å². The van der Waals surface area contributed by atoms with Crippen LogP contribution < -0.4 is 0 Å². The van der Waals surface area contributed by atoms with E-state index in [2.05, 4.69) is 31.9 Å². The molecule has 0 aromatic rings. The summed E-state index contributed by atoms with van der Waals surface area (Å²) in [5.41, 5.74) is 0. The van der Waals surface area contributed by atoms with Crippen molar-refractivity contribution in [3.05, 3.63) is 24.3 Å². The van der Waals surface area contributed by atoms with E-state index in [1.165, 1.54) is 12.2 Å². The van der Waals surface area contributed by atoms with Crippen LogP contribution in [0.3, 0.4) is 0 Å². The van der Waals surface area contributed by atoms with E-state index in [0.29, 0.717) is 6.42 Å². The molecule has 0 spiro atoms. The molecule has 0 bridgehead atoms. The van der Waals surface area contributed by atoms with Crippen LogP contribution in [0.2, 0.25) is 0 Å². The Morgan fingerprint density at radius 2 is 1.36 bits per heavy atom. The normalized spacial score (nSPS) is 11.1. The van der Waals surface area contributed by atoms with Crippen molar-refractivity contribution in [1.29, 1.82) is 0 Å². The minimum Gasteiger partial charge on any atom is -0.282 e. The second-order valence-electron chi connectivity index (χ2n) is 1.65. The van der Waals surface area contributed by atoms with Crippen molar-refractivity contribution in [2.75, 3.05) is 0 Å². The van der Waals surface area contributed by atoms with Gasteiger partial charge in [0.2, 0.25) is 9.39 Å². The Labute approximate surface area is 81.6 Å². The fourth-order valence-electron chi connectivity index (χ4n) is 0.400. The van der Waals surface area contributed by atoms with E-state index < -0.39 is 0 Å². The maximum Gasteiger partial charge on any atom is 0.220 e. The fraction of sp³-hybridized carbons (Fsp3) is 0.143. The molecule has 0 atom stereocenters. The van der Waals surface area contributed by atoms with Gasteiger partial charge in [-0.25, -0.2) is 0 Å². The van der Waals surface area contributed by atoms with Crippen LogP contribution in [0.4, 0.5) is 0 Å². The molecule has 60 valence electrons. The minimum absolute atomic E-state index is 0.170. The molecule has 0 fully saturated rings. The molecular weight excluding hydrogens is 276 g/mol. The highest BCUT2D eigenvalue weighted by Gasteiger charge is 1.83. The average Bonchev–Trinajstić information content (AvgIpc) is 1.85. The molecule has 0 rings (SSSR count). The number of rotatable bonds is 4. The maximum atomic E-state index is 10.3. The Morgan fingerprint density at radius 3 is 1.64 bits per heavy atom. The lowest BCUT2D eigenvalue weighted by molar-refractivity contribution is -0.107. The van der Waals surface area contributed by atoms with Crippen molar-refractivity contribution in [3.63, 3.8) is 0 Å². The van der Waals surface area contributed by atoms with Gasteiger partial charge in [-0.15, -0.1) is 0 Å². The zero-order chi connectivity index (χ0) is 8.69. The van der Waals surface area contributed by atoms with Crippen LogP contribution in [0.25, 0.3) is 0 Å². The highest BCUT2D eigenvalue weighted by Crippen LogP contribution is 1.93. The molecule has 0 radical (unpaired) electrons. The van der Waals surface area contributed by atoms with Gasteiger partial charge in [-0.05, 0) is 50.4 Å². The van der Waals surface area contributed by atoms with Gasteiger partial charge >= 0.3 is 0 Å². The average molecular weight is 282 g/mol. The van der Waals surface area contributed by atoms with Gasteiger partial charge in [-0.2, -0.15) is 0 Å². The molecule has 0 aromatic heterocycles. The van der Waals surface area contributed by atoms with Gasteiger partial charge < -0.3 is 0 Å². The van der Waals surface area contributed by atoms with Crippen molar-refractivity contribution in [2.24, 2.45) is 0 Å². The molecular formula is C7H6Br2O2. The van der Waals surface area contributed by atoms with Crippen LogP contribution in [-0.2, 0) is 9.59 Å². The van der Waals surface area contributed by atoms with Crippen molar-refractivity contribution in [1.82, 2.24) is 0 Å². The zero-order valence-electron chi connectivity index (χ0n) is 5.59. The first-order chi connectivity index (χ1) is 5.13. The second-order valence-corrected chi connectivity index (χ2v) is 3.21. The predicted octanol–water partition coefficient (Wildman–Crippen LogP) is 2.33. The van der Waals surface area contributed by atoms with Crippen LogP contribution in [0.5, 0.6) is 0 Å². The second kappa shape index (κ2) is 6.49. The van der Waals surface area contributed by atoms with Gasteiger partial charge in [0.15, 0.2) is 0 Å². The molecule has 0 aliphatic rings. The Bertz CT molecular complexity index is 184. The summed E-state index contributed by atoms with van der Waals surface area (Å²) in [6.07, 6.45) is 6.67. The summed E-state index contributed by atoms with van der Waals surface area (Å²) < 4.78 is -0.341. The van der Waals surface area contributed by atoms with E-state index in [0.717, 1.165) is 0 Å². The predicted molar refractivity (Wildman–Crippen MR) is 50.8 cm³/mol. The van der Waals surface area contributed by atoms with Gasteiger partial charge in [0.25, 0.3) is 0 Å². The number of hydrogen-bond donors (Lipinski definition) is 0. The van der Waals surface area contributed by atoms with E-state index >= 15 is 0 Å². The molecule has 0 aliphatic carbocycles. The standard InChI is InChI=1S/C7H6Br2O2/c8-6(10)4-2-1-3-5-7(9)11/h2-5H,1H2. The van der Waals surface area contributed by atoms with Gasteiger partial charge in [-0.1, -0.05) is 12.2 Å². The molecule has 0 heterocycles. The first-order valence-corrected chi connectivity index (χ1v) is 4.43. The number of carbonyl (C=O) groups excluding carboxylic acids is 2. The first-order valence-electron chi connectivity index (χ1n) is 2.85. The smallest absolute Gasteiger partial charge is 0.220 e. The molecule has 11 heavy (non-hydrogen) atoms. The Kier molecular flexibility index (Phi) is 6.36. The van der Waals surface area contributed by atoms with Crippen LogP contribution in [0.1, 0.15) is 6.42 Å². The van der Waals surface area contributed by atoms with E-state index in [4.69, 9.17) is 0 Å². The number of allylic oxidation sites excluding steroid dienone is 4. The van der Waals surface area contributed by atoms with Gasteiger partial charge in [0.05, 0.1) is 0 Å². The lowest BCUT2D eigenvalue weighted by atomic mass is 10.3. The molecule has 2 nitrogen and oxygen atoms in total. The van der Waals surface area contributed by atoms with Gasteiger partial charge in [-0.3, -0.25) is 9.59 Å². The number of halogens is 2. The van der Waals surface area contributed by atoms with Crippen molar-refractivity contribution < 1.29 is 9.59 Å². The minimum atomic E-state index is -0.170. The van der Waals surface area contributed by atoms with E-state index in [1.54, 1.807) is 12.2 Å². The summed E-state index contributed by atoms with van der Waals surface area (Å²) in [7, 11) is 0. The van der Waals surface area contributed by atoms with E-state index in [-0.39, 0.29) is 9.39 Å². The molecule has 0 unspecified atom stereocenters. The zero-order valence-corrected chi connectivity index (χ0v) is 8.76. The number of carbonyl (C=O) groups is 2. The van der Waals surface area contributed by atoms with Crippen molar-refractivity contribution >= 4 is 41.2 Å². The largest absolute Gasteiger partial charge is 0.282 e. The topological polar surface area (TPSA) is 34.1 Å². The summed E-state index contributed by atoms with van der Waals surface area (Å²) in [5, 5.41) is 0. The van der Waals surface area contributed by atoms with Crippen molar-refractivity contribution in [2.45, 2.75) is 6.42 Å². The SMILES string of the molecule is O=C(Br)C=CCC=CC(=O)Br. The molecule has 4 heteroatoms. The van der Waals surface area contributed by atoms with Crippen LogP contribution in [0.15, 0.2) is 24.3 Å². The Hall–Kier alpha value is -0.220. The summed E-state index contributed by atoms with van der Waals surface area (Å²) in [6, 6.07) is 0. The maximum absolute atomic E-state index is 10.3. The van der Waals surface area contributed by atoms with Crippen LogP contribution >= 0.6 is 31.9 Å². The van der Waals surface area contributed by atoms with Gasteiger partial charge in [0.1, 0.15) is 0 Å². The third kappa shape index (κ3) is 9.78. The molecule has 0 amide bonds. The highest BCUT2D eigenvalue weighted by atomic mass is 79.9. The highest BCUT2D eigenvalue weighted by molar-refractivity contribution is 9.18. The van der Waals surface area contributed by atoms with Crippen LogP contribution in [-0.4, -0.2) is 9.39 Å². The van der Waals surface area contributed by atoms with E-state index in [1.807, 2.05) is 0 Å². The lowest BCUT2D eigenvalue weighted by Crippen LogP contribution is -1.74. The summed E-state index contributed by atoms with van der Waals surface area (Å²) in [4.78, 5) is 20.5. The summed E-state index contributed by atoms with van der Waals surface area (Å²) in [6.45, 7) is 0. The molecule has 0 saturated carbocycles. The van der Waals surface area contributed by atoms with Gasteiger partial charge in [0, 0.05) is 0 Å². The molecule has 0 aliphatic heterocycles. The molecule has 0 N–H and O–H groups in total. The quantitative estimate of drug-likeness (QED) is 0.585. The fourth-order valence-corrected chi connectivity index (χ4v) is 0.774. The third-order valence-electron chi connectivity index (χ3n) is 0.770. The molecule has 0 aromatic carbocycles. The number of hydrogen-bond acceptors (Lipinski definition) is 2. The summed E-state index contributed by atoms with van der Waals surface area (Å²) >= 11 is 5.46. The molecule has 0 saturated heterocycles. The lowest BCUT2D eigenvalue weighted by Gasteiger charge is -1.78. The first kappa shape index (κ1) is 10.8. The third-order valence-corrected chi connectivity index (χ3v) is 1.30. The Morgan fingerprint density at radius 1 is 1.00 bits per heavy atom. The van der Waals surface area contributed by atoms with Crippen LogP contribution in [0, 0.1) is 0 Å². The Balaban J connectivity index is 3.57. The monoisotopic (exact) mass is 280 g/mol. The van der Waals surface area contributed by atoms with E-state index in [9.17, 15) is 9.59 Å². The summed E-state index contributed by atoms with van der Waals surface area (Å²) in [5.74, 6) is 0.